The summed E-state index contributed by atoms with van der Waals surface area (Å²) in [5.41, 5.74) is 2.22. The SMILES string of the molecule is Cn1ccc2ccc(CN3CCNC(=O)C3CC(=O)O)cc21. The number of carboxylic acids is 1. The molecule has 6 heteroatoms. The largest absolute Gasteiger partial charge is 0.481 e. The van der Waals surface area contributed by atoms with Crippen molar-refractivity contribution in [2.45, 2.75) is 19.0 Å². The van der Waals surface area contributed by atoms with Crippen LogP contribution in [0.4, 0.5) is 0 Å². The third-order valence-electron chi connectivity index (χ3n) is 4.15. The second-order valence-electron chi connectivity index (χ2n) is 5.69. The molecule has 1 saturated heterocycles. The minimum atomic E-state index is -0.954. The summed E-state index contributed by atoms with van der Waals surface area (Å²) in [5, 5.41) is 12.9. The maximum Gasteiger partial charge on any atom is 0.305 e. The van der Waals surface area contributed by atoms with E-state index >= 15 is 0 Å². The highest BCUT2D eigenvalue weighted by atomic mass is 16.4. The van der Waals surface area contributed by atoms with Gasteiger partial charge in [0.25, 0.3) is 0 Å². The van der Waals surface area contributed by atoms with E-state index in [0.29, 0.717) is 19.6 Å². The van der Waals surface area contributed by atoms with Crippen molar-refractivity contribution in [3.8, 4) is 0 Å². The Balaban J connectivity index is 1.83. The summed E-state index contributed by atoms with van der Waals surface area (Å²) < 4.78 is 2.05. The second-order valence-corrected chi connectivity index (χ2v) is 5.69. The number of fused-ring (bicyclic) bond motifs is 1. The van der Waals surface area contributed by atoms with Crippen LogP contribution in [-0.2, 0) is 23.2 Å². The normalized spacial score (nSPS) is 19.3. The lowest BCUT2D eigenvalue weighted by Crippen LogP contribution is -2.55. The standard InChI is InChI=1S/C16H19N3O3/c1-18-6-4-12-3-2-11(8-13(12)18)10-19-7-5-17-16(22)14(19)9-15(20)21/h2-4,6,8,14H,5,7,9-10H2,1H3,(H,17,22)(H,20,21). The fourth-order valence-corrected chi connectivity index (χ4v) is 2.98. The number of rotatable bonds is 4. The van der Waals surface area contributed by atoms with Crippen molar-refractivity contribution in [1.82, 2.24) is 14.8 Å². The van der Waals surface area contributed by atoms with E-state index < -0.39 is 12.0 Å². The summed E-state index contributed by atoms with van der Waals surface area (Å²) in [4.78, 5) is 24.9. The molecule has 1 amide bonds. The van der Waals surface area contributed by atoms with Crippen LogP contribution in [-0.4, -0.2) is 45.6 Å². The van der Waals surface area contributed by atoms with Crippen molar-refractivity contribution in [1.29, 1.82) is 0 Å². The van der Waals surface area contributed by atoms with Crippen LogP contribution in [0.25, 0.3) is 10.9 Å². The van der Waals surface area contributed by atoms with Crippen molar-refractivity contribution in [2.24, 2.45) is 7.05 Å². The molecule has 2 heterocycles. The molecule has 0 spiro atoms. The van der Waals surface area contributed by atoms with Crippen LogP contribution in [0.15, 0.2) is 30.5 Å². The minimum Gasteiger partial charge on any atom is -0.481 e. The molecule has 1 fully saturated rings. The van der Waals surface area contributed by atoms with Gasteiger partial charge in [-0.2, -0.15) is 0 Å². The Kier molecular flexibility index (Phi) is 3.85. The molecule has 6 nitrogen and oxygen atoms in total. The van der Waals surface area contributed by atoms with E-state index in [9.17, 15) is 9.59 Å². The third-order valence-corrected chi connectivity index (χ3v) is 4.15. The molecule has 0 saturated carbocycles. The van der Waals surface area contributed by atoms with Crippen molar-refractivity contribution in [3.05, 3.63) is 36.0 Å². The number of hydrogen-bond donors (Lipinski definition) is 2. The molecule has 1 atom stereocenters. The number of amides is 1. The van der Waals surface area contributed by atoms with Crippen molar-refractivity contribution in [3.63, 3.8) is 0 Å². The number of nitrogens with zero attached hydrogens (tertiary/aromatic N) is 2. The van der Waals surface area contributed by atoms with Crippen LogP contribution in [0.5, 0.6) is 0 Å². The molecule has 2 aromatic rings. The third kappa shape index (κ3) is 2.82. The van der Waals surface area contributed by atoms with Crippen LogP contribution in [0.1, 0.15) is 12.0 Å². The van der Waals surface area contributed by atoms with Gasteiger partial charge in [0.1, 0.15) is 6.04 Å². The fraction of sp³-hybridized carbons (Fsp3) is 0.375. The average Bonchev–Trinajstić information content (AvgIpc) is 2.84. The summed E-state index contributed by atoms with van der Waals surface area (Å²) >= 11 is 0. The highest BCUT2D eigenvalue weighted by molar-refractivity contribution is 5.86. The Labute approximate surface area is 128 Å². The zero-order valence-corrected chi connectivity index (χ0v) is 12.5. The zero-order valence-electron chi connectivity index (χ0n) is 12.5. The van der Waals surface area contributed by atoms with Gasteiger partial charge >= 0.3 is 5.97 Å². The van der Waals surface area contributed by atoms with Gasteiger partial charge in [-0.05, 0) is 23.1 Å². The first-order valence-corrected chi connectivity index (χ1v) is 7.32. The molecular weight excluding hydrogens is 282 g/mol. The van der Waals surface area contributed by atoms with Crippen LogP contribution in [0.2, 0.25) is 0 Å². The average molecular weight is 301 g/mol. The van der Waals surface area contributed by atoms with Gasteiger partial charge in [0.15, 0.2) is 0 Å². The zero-order chi connectivity index (χ0) is 15.7. The predicted octanol–water partition coefficient (Wildman–Crippen LogP) is 0.953. The molecule has 3 rings (SSSR count). The summed E-state index contributed by atoms with van der Waals surface area (Å²) in [5.74, 6) is -1.15. The number of aromatic nitrogens is 1. The van der Waals surface area contributed by atoms with Gasteiger partial charge in [-0.15, -0.1) is 0 Å². The Morgan fingerprint density at radius 3 is 3.00 bits per heavy atom. The van der Waals surface area contributed by atoms with Gasteiger partial charge in [0, 0.05) is 38.4 Å². The molecule has 0 bridgehead atoms. The van der Waals surface area contributed by atoms with Gasteiger partial charge in [-0.1, -0.05) is 12.1 Å². The minimum absolute atomic E-state index is 0.168. The lowest BCUT2D eigenvalue weighted by Gasteiger charge is -2.34. The van der Waals surface area contributed by atoms with Crippen LogP contribution in [0, 0.1) is 0 Å². The first-order chi connectivity index (χ1) is 10.5. The maximum atomic E-state index is 11.9. The summed E-state index contributed by atoms with van der Waals surface area (Å²) in [7, 11) is 1.99. The molecule has 1 aliphatic rings. The van der Waals surface area contributed by atoms with E-state index in [2.05, 4.69) is 28.1 Å². The van der Waals surface area contributed by atoms with Gasteiger partial charge < -0.3 is 15.0 Å². The van der Waals surface area contributed by atoms with Crippen molar-refractivity contribution < 1.29 is 14.7 Å². The molecule has 0 aliphatic carbocycles. The van der Waals surface area contributed by atoms with E-state index in [1.807, 2.05) is 24.2 Å². The number of carbonyl (C=O) groups excluding carboxylic acids is 1. The monoisotopic (exact) mass is 301 g/mol. The number of hydrogen-bond acceptors (Lipinski definition) is 3. The lowest BCUT2D eigenvalue weighted by molar-refractivity contribution is -0.143. The molecule has 22 heavy (non-hydrogen) atoms. The summed E-state index contributed by atoms with van der Waals surface area (Å²) in [6, 6.07) is 7.64. The highest BCUT2D eigenvalue weighted by Crippen LogP contribution is 2.19. The second kappa shape index (κ2) is 5.81. The number of aryl methyl sites for hydroxylation is 1. The van der Waals surface area contributed by atoms with Gasteiger partial charge in [-0.25, -0.2) is 0 Å². The number of carbonyl (C=O) groups is 2. The van der Waals surface area contributed by atoms with Crippen LogP contribution < -0.4 is 5.32 Å². The lowest BCUT2D eigenvalue weighted by atomic mass is 10.1. The molecule has 2 N–H and O–H groups in total. The number of piperazine rings is 1. The molecule has 116 valence electrons. The van der Waals surface area contributed by atoms with Crippen molar-refractivity contribution >= 4 is 22.8 Å². The highest BCUT2D eigenvalue weighted by Gasteiger charge is 2.31. The summed E-state index contributed by atoms with van der Waals surface area (Å²) in [6.07, 6.45) is 1.84. The molecule has 0 radical (unpaired) electrons. The Bertz CT molecular complexity index is 722. The predicted molar refractivity (Wildman–Crippen MR) is 82.4 cm³/mol. The number of carboxylic acid groups (broad SMARTS) is 1. The number of nitrogens with one attached hydrogen (secondary N) is 1. The number of benzene rings is 1. The van der Waals surface area contributed by atoms with E-state index in [0.717, 1.165) is 11.1 Å². The molecule has 1 unspecified atom stereocenters. The molecule has 1 aromatic heterocycles. The molecule has 1 aliphatic heterocycles. The van der Waals surface area contributed by atoms with Crippen LogP contribution >= 0.6 is 0 Å². The first-order valence-electron chi connectivity index (χ1n) is 7.32. The topological polar surface area (TPSA) is 74.6 Å². The Morgan fingerprint density at radius 1 is 1.41 bits per heavy atom. The summed E-state index contributed by atoms with van der Waals surface area (Å²) in [6.45, 7) is 1.79. The van der Waals surface area contributed by atoms with Crippen LogP contribution in [0.3, 0.4) is 0 Å². The Morgan fingerprint density at radius 2 is 2.23 bits per heavy atom. The maximum absolute atomic E-state index is 11.9. The first kappa shape index (κ1) is 14.6. The van der Waals surface area contributed by atoms with E-state index in [1.54, 1.807) is 0 Å². The fourth-order valence-electron chi connectivity index (χ4n) is 2.98. The Hall–Kier alpha value is -2.34. The molecular formula is C16H19N3O3. The van der Waals surface area contributed by atoms with Gasteiger partial charge in [-0.3, -0.25) is 14.5 Å². The quantitative estimate of drug-likeness (QED) is 0.882. The smallest absolute Gasteiger partial charge is 0.305 e. The van der Waals surface area contributed by atoms with Crippen molar-refractivity contribution in [2.75, 3.05) is 13.1 Å². The van der Waals surface area contributed by atoms with E-state index in [1.165, 1.54) is 5.39 Å². The molecule has 1 aromatic carbocycles. The van der Waals surface area contributed by atoms with Gasteiger partial charge in [0.05, 0.1) is 6.42 Å². The van der Waals surface area contributed by atoms with E-state index in [-0.39, 0.29) is 12.3 Å². The van der Waals surface area contributed by atoms with Gasteiger partial charge in [0.2, 0.25) is 5.91 Å². The van der Waals surface area contributed by atoms with E-state index in [4.69, 9.17) is 5.11 Å². The number of aliphatic carboxylic acids is 1.